The van der Waals surface area contributed by atoms with Crippen LogP contribution in [0.25, 0.3) is 10.8 Å². The van der Waals surface area contributed by atoms with Crippen molar-refractivity contribution in [3.63, 3.8) is 0 Å². The number of aliphatic hydroxyl groups is 8. The lowest BCUT2D eigenvalue weighted by Gasteiger charge is -2.50. The third-order valence-corrected chi connectivity index (χ3v) is 16.5. The summed E-state index contributed by atoms with van der Waals surface area (Å²) in [6.07, 6.45) is -22.9. The largest absolute Gasteiger partial charge is 0.508 e. The monoisotopic (exact) mass is 1090 g/mol. The third-order valence-electron chi connectivity index (χ3n) is 16.5. The van der Waals surface area contributed by atoms with Crippen molar-refractivity contribution in [3.8, 4) is 17.2 Å². The molecule has 0 amide bonds. The van der Waals surface area contributed by atoms with E-state index in [1.807, 2.05) is 0 Å². The summed E-state index contributed by atoms with van der Waals surface area (Å²) < 4.78 is 66.8. The van der Waals surface area contributed by atoms with Crippen molar-refractivity contribution < 1.29 is 118 Å². The third kappa shape index (κ3) is 10.4. The molecule has 7 aliphatic rings. The quantitative estimate of drug-likeness (QED) is 0.131. The molecule has 0 spiro atoms. The molecule has 23 atom stereocenters. The van der Waals surface area contributed by atoms with Gasteiger partial charge in [0.2, 0.25) is 12.1 Å². The van der Waals surface area contributed by atoms with Gasteiger partial charge in [0.1, 0.15) is 65.2 Å². The van der Waals surface area contributed by atoms with Crippen LogP contribution in [0.1, 0.15) is 102 Å². The number of phenols is 2. The fourth-order valence-electron chi connectivity index (χ4n) is 12.1. The Labute approximate surface area is 443 Å². The average molecular weight is 1090 g/mol. The first-order valence-electron chi connectivity index (χ1n) is 26.1. The van der Waals surface area contributed by atoms with Gasteiger partial charge in [0.05, 0.1) is 71.5 Å². The number of hydrogen-bond donors (Lipinski definition) is 10. The van der Waals surface area contributed by atoms with Gasteiger partial charge in [-0.1, -0.05) is 0 Å². The SMILES string of the molecule is CO[C@@H]1C(=O)C(C(C)=O)=C(O)[C@@]2(O[C@H]3C[C@@H](O[C@H]4C[C@@H](O[C@H]5C[C@](C)(O)[C@@H](O)[C@H](C)O5)[C@H](O)[C@@H](C)O4)[C@H](O)[C@@H](C)O3)C(=O)c3c(cc4cc(O[C@H]5C[C@@H](O[C@@H]6C[C@@H](O)[C@@H](O)[C@@H](C)O6)[C@@H](O)[C@@H](C)O5)c(C)c(O)c4c3O)C[C@@H]12. The molecule has 5 heterocycles. The lowest BCUT2D eigenvalue weighted by Crippen LogP contribution is -2.65. The molecule has 9 rings (SSSR count). The van der Waals surface area contributed by atoms with Gasteiger partial charge in [-0.2, -0.15) is 0 Å². The minimum absolute atomic E-state index is 0.0487. The molecule has 5 aliphatic heterocycles. The zero-order valence-corrected chi connectivity index (χ0v) is 44.2. The van der Waals surface area contributed by atoms with E-state index in [0.29, 0.717) is 0 Å². The number of aliphatic hydroxyl groups excluding tert-OH is 7. The highest BCUT2D eigenvalue weighted by atomic mass is 16.7. The number of hydrogen-bond acceptors (Lipinski definition) is 24. The average Bonchev–Trinajstić information content (AvgIpc) is 3.44. The van der Waals surface area contributed by atoms with Crippen LogP contribution >= 0.6 is 0 Å². The van der Waals surface area contributed by atoms with E-state index >= 15 is 4.79 Å². The van der Waals surface area contributed by atoms with Crippen LogP contribution in [0.15, 0.2) is 23.5 Å². The molecule has 0 bridgehead atoms. The molecular weight excluding hydrogens is 1020 g/mol. The van der Waals surface area contributed by atoms with Crippen molar-refractivity contribution >= 4 is 28.1 Å². The Morgan fingerprint density at radius 2 is 1.18 bits per heavy atom. The van der Waals surface area contributed by atoms with Gasteiger partial charge in [-0.25, -0.2) is 0 Å². The second-order valence-electron chi connectivity index (χ2n) is 22.0. The highest BCUT2D eigenvalue weighted by molar-refractivity contribution is 6.25. The first-order chi connectivity index (χ1) is 36.2. The zero-order valence-electron chi connectivity index (χ0n) is 44.2. The lowest BCUT2D eigenvalue weighted by atomic mass is 9.62. The minimum atomic E-state index is -2.68. The Morgan fingerprint density at radius 1 is 0.675 bits per heavy atom. The molecule has 5 fully saturated rings. The van der Waals surface area contributed by atoms with Crippen LogP contribution in [-0.2, 0) is 63.4 Å². The Morgan fingerprint density at radius 3 is 1.74 bits per heavy atom. The number of Topliss-reactive ketones (excluding diaryl/α,β-unsaturated/α-hetero) is 3. The van der Waals surface area contributed by atoms with E-state index in [1.165, 1.54) is 40.0 Å². The highest BCUT2D eigenvalue weighted by Gasteiger charge is 2.65. The van der Waals surface area contributed by atoms with Gasteiger partial charge < -0.3 is 103 Å². The van der Waals surface area contributed by atoms with Crippen LogP contribution in [0.3, 0.4) is 0 Å². The van der Waals surface area contributed by atoms with E-state index in [1.54, 1.807) is 27.7 Å². The smallest absolute Gasteiger partial charge is 0.207 e. The minimum Gasteiger partial charge on any atom is -0.508 e. The number of aromatic hydroxyl groups is 2. The predicted octanol–water partition coefficient (Wildman–Crippen LogP) is 0.794. The number of fused-ring (bicyclic) bond motifs is 3. The molecule has 24 heteroatoms. The molecule has 77 heavy (non-hydrogen) atoms. The lowest BCUT2D eigenvalue weighted by molar-refractivity contribution is -0.337. The van der Waals surface area contributed by atoms with E-state index in [-0.39, 0.29) is 66.2 Å². The maximum atomic E-state index is 15.6. The second-order valence-corrected chi connectivity index (χ2v) is 22.0. The molecule has 0 radical (unpaired) electrons. The molecular formula is C53H72O24. The zero-order chi connectivity index (χ0) is 56.1. The summed E-state index contributed by atoms with van der Waals surface area (Å²) in [5.41, 5.74) is -5.23. The summed E-state index contributed by atoms with van der Waals surface area (Å²) in [5.74, 6) is -6.67. The van der Waals surface area contributed by atoms with Crippen LogP contribution in [0, 0.1) is 12.8 Å². The number of carbonyl (C=O) groups excluding carboxylic acids is 3. The summed E-state index contributed by atoms with van der Waals surface area (Å²) in [7, 11) is 1.18. The summed E-state index contributed by atoms with van der Waals surface area (Å²) in [6, 6.07) is 2.98. The van der Waals surface area contributed by atoms with Gasteiger partial charge in [0.25, 0.3) is 0 Å². The highest BCUT2D eigenvalue weighted by Crippen LogP contribution is 2.53. The Hall–Kier alpha value is -4.03. The molecule has 2 aromatic carbocycles. The summed E-state index contributed by atoms with van der Waals surface area (Å²) >= 11 is 0. The topological polar surface area (TPSA) is 355 Å². The number of methoxy groups -OCH3 is 1. The molecule has 0 aromatic heterocycles. The molecule has 10 N–H and O–H groups in total. The number of rotatable bonds is 12. The molecule has 24 nitrogen and oxygen atoms in total. The van der Waals surface area contributed by atoms with E-state index in [0.717, 1.165) is 6.92 Å². The van der Waals surface area contributed by atoms with Gasteiger partial charge in [0.15, 0.2) is 42.3 Å². The maximum absolute atomic E-state index is 15.6. The number of phenolic OH excluding ortho intramolecular Hbond substituents is 2. The fraction of sp³-hybridized carbons (Fsp3) is 0.717. The van der Waals surface area contributed by atoms with E-state index in [2.05, 4.69) is 0 Å². The van der Waals surface area contributed by atoms with Crippen molar-refractivity contribution in [1.82, 2.24) is 0 Å². The van der Waals surface area contributed by atoms with Crippen molar-refractivity contribution in [2.24, 2.45) is 5.92 Å². The van der Waals surface area contributed by atoms with E-state index in [4.69, 9.17) is 52.1 Å². The first-order valence-corrected chi connectivity index (χ1v) is 26.1. The predicted molar refractivity (Wildman–Crippen MR) is 260 cm³/mol. The van der Waals surface area contributed by atoms with Crippen LogP contribution in [-0.4, -0.2) is 210 Å². The number of ether oxygens (including phenoxy) is 11. The standard InChI is InChI=1S/C53H72O24/c1-18-29(73-34-14-30(43(58)21(4)69-34)74-33-13-28(55)42(57)20(3)68-33)12-26-10-25-11-27-48(67-9)47(62)38(19(2)54)50(64)53(27,51(65)40(25)46(61)39(26)41(18)56)77-36-16-32(45(60)23(6)71-36)75-35-15-31(44(59)22(5)70-35)76-37-17-52(8,66)49(63)24(7)72-37/h10,12,20-24,27-28,30-37,42-45,48-49,55-61,63-64,66H,11,13-17H2,1-9H3/t20-,21-,22-,23-,24+,27+,28-,30-,31-,32-,33-,34+,35+,36+,37+,42+,43+,44-,45-,48+,49+,52+,53-/m1/s1. The van der Waals surface area contributed by atoms with Gasteiger partial charge in [-0.05, 0) is 84.9 Å². The maximum Gasteiger partial charge on any atom is 0.207 e. The Balaban J connectivity index is 1.00. The molecule has 2 aliphatic carbocycles. The van der Waals surface area contributed by atoms with Gasteiger partial charge in [0, 0.05) is 50.7 Å². The summed E-state index contributed by atoms with van der Waals surface area (Å²) in [5, 5.41) is 112. The van der Waals surface area contributed by atoms with Crippen molar-refractivity contribution in [2.45, 2.75) is 228 Å². The van der Waals surface area contributed by atoms with E-state index < -0.39 is 186 Å². The van der Waals surface area contributed by atoms with Crippen LogP contribution in [0.4, 0.5) is 0 Å². The summed E-state index contributed by atoms with van der Waals surface area (Å²) in [6.45, 7) is 11.8. The first kappa shape index (κ1) is 57.6. The molecule has 428 valence electrons. The van der Waals surface area contributed by atoms with E-state index in [9.17, 15) is 60.7 Å². The molecule has 2 aromatic rings. The number of carbonyl (C=O) groups is 3. The number of ketones is 3. The second kappa shape index (κ2) is 21.8. The normalized spacial score (nSPS) is 43.7. The Bertz CT molecular complexity index is 2590. The summed E-state index contributed by atoms with van der Waals surface area (Å²) in [4.78, 5) is 43.0. The Kier molecular flexibility index (Phi) is 16.3. The van der Waals surface area contributed by atoms with Crippen molar-refractivity contribution in [2.75, 3.05) is 7.11 Å². The van der Waals surface area contributed by atoms with Crippen LogP contribution in [0.5, 0.6) is 17.2 Å². The van der Waals surface area contributed by atoms with Gasteiger partial charge >= 0.3 is 0 Å². The fourth-order valence-corrected chi connectivity index (χ4v) is 12.1. The van der Waals surface area contributed by atoms with Gasteiger partial charge in [-0.15, -0.1) is 0 Å². The van der Waals surface area contributed by atoms with Crippen molar-refractivity contribution in [3.05, 3.63) is 40.2 Å². The molecule has 0 saturated carbocycles. The molecule has 5 saturated heterocycles. The van der Waals surface area contributed by atoms with Crippen LogP contribution in [0.2, 0.25) is 0 Å². The molecule has 0 unspecified atom stereocenters. The van der Waals surface area contributed by atoms with Crippen LogP contribution < -0.4 is 4.74 Å². The van der Waals surface area contributed by atoms with Crippen molar-refractivity contribution in [1.29, 1.82) is 0 Å². The van der Waals surface area contributed by atoms with Gasteiger partial charge in [-0.3, -0.25) is 14.4 Å². The number of benzene rings is 2.